The molecule has 1 aliphatic carbocycles. The molecule has 278 valence electrons. The van der Waals surface area contributed by atoms with Crippen molar-refractivity contribution in [2.75, 3.05) is 9.80 Å². The molecule has 2 nitrogen and oxygen atoms in total. The molecule has 0 atom stereocenters. The molecule has 0 fully saturated rings. The van der Waals surface area contributed by atoms with Crippen LogP contribution in [0.15, 0.2) is 188 Å². The zero-order valence-electron chi connectivity index (χ0n) is 33.4. The third kappa shape index (κ3) is 6.93. The topological polar surface area (TPSA) is 6.48 Å². The highest BCUT2D eigenvalue weighted by Gasteiger charge is 2.35. The van der Waals surface area contributed by atoms with E-state index in [4.69, 9.17) is 0 Å². The number of rotatable bonds is 8. The number of fused-ring (bicyclic) bond motifs is 4. The minimum absolute atomic E-state index is 0.0766. The molecule has 57 heavy (non-hydrogen) atoms. The number of hydrogen-bond donors (Lipinski definition) is 0. The van der Waals surface area contributed by atoms with Gasteiger partial charge in [-0.25, -0.2) is 0 Å². The van der Waals surface area contributed by atoms with Gasteiger partial charge in [-0.3, -0.25) is 0 Å². The molecule has 0 heterocycles. The van der Waals surface area contributed by atoms with Gasteiger partial charge >= 0.3 is 0 Å². The van der Waals surface area contributed by atoms with Crippen LogP contribution < -0.4 is 9.80 Å². The largest absolute Gasteiger partial charge is 0.310 e. The molecule has 0 bridgehead atoms. The zero-order valence-corrected chi connectivity index (χ0v) is 33.4. The van der Waals surface area contributed by atoms with Gasteiger partial charge in [0.25, 0.3) is 0 Å². The molecule has 0 aliphatic heterocycles. The Kier molecular flexibility index (Phi) is 9.14. The summed E-state index contributed by atoms with van der Waals surface area (Å²) in [6.45, 7) is 11.5. The highest BCUT2D eigenvalue weighted by atomic mass is 15.1. The molecule has 1 aliphatic rings. The highest BCUT2D eigenvalue weighted by molar-refractivity contribution is 5.90. The monoisotopic (exact) mass is 736 g/mol. The molecule has 8 aromatic rings. The summed E-state index contributed by atoms with van der Waals surface area (Å²) in [6, 6.07) is 68.5. The van der Waals surface area contributed by atoms with Gasteiger partial charge < -0.3 is 9.80 Å². The standard InChI is InChI=1S/C55H48N2/c1-54(2,3)43-26-33-47(34-27-43)57(49-35-36-51-50-17-11-12-18-52(50)55(4,5)53(51)38-49)46-30-23-40(24-31-46)20-19-39-21-28-45(29-22-39)56(44-15-7-6-8-16-44)48-32-25-41-13-9-10-14-42(41)37-48/h6-38H,1-5H3/b20-19+. The predicted octanol–water partition coefficient (Wildman–Crippen LogP) is 15.6. The molecule has 8 aromatic carbocycles. The molecular weight excluding hydrogens is 689 g/mol. The number of hydrogen-bond acceptors (Lipinski definition) is 2. The Balaban J connectivity index is 1.01. The van der Waals surface area contributed by atoms with Gasteiger partial charge in [-0.2, -0.15) is 0 Å². The van der Waals surface area contributed by atoms with Gasteiger partial charge in [-0.1, -0.05) is 162 Å². The summed E-state index contributed by atoms with van der Waals surface area (Å²) in [7, 11) is 0. The van der Waals surface area contributed by atoms with Crippen LogP contribution in [0, 0.1) is 0 Å². The first-order valence-corrected chi connectivity index (χ1v) is 20.0. The third-order valence-electron chi connectivity index (χ3n) is 11.6. The molecule has 0 saturated carbocycles. The molecule has 0 amide bonds. The van der Waals surface area contributed by atoms with E-state index in [0.717, 1.165) is 45.3 Å². The molecule has 0 N–H and O–H groups in total. The minimum atomic E-state index is -0.0766. The predicted molar refractivity (Wildman–Crippen MR) is 245 cm³/mol. The number of anilines is 6. The summed E-state index contributed by atoms with van der Waals surface area (Å²) >= 11 is 0. The van der Waals surface area contributed by atoms with Crippen molar-refractivity contribution in [2.45, 2.75) is 45.4 Å². The average Bonchev–Trinajstić information content (AvgIpc) is 3.47. The lowest BCUT2D eigenvalue weighted by molar-refractivity contribution is 0.590. The van der Waals surface area contributed by atoms with Gasteiger partial charge in [-0.15, -0.1) is 0 Å². The molecule has 0 spiro atoms. The fourth-order valence-corrected chi connectivity index (χ4v) is 8.39. The van der Waals surface area contributed by atoms with E-state index in [1.165, 1.54) is 38.6 Å². The second-order valence-corrected chi connectivity index (χ2v) is 16.8. The van der Waals surface area contributed by atoms with Gasteiger partial charge in [0.05, 0.1) is 0 Å². The van der Waals surface area contributed by atoms with Crippen molar-refractivity contribution in [3.63, 3.8) is 0 Å². The normalized spacial score (nSPS) is 13.1. The summed E-state index contributed by atoms with van der Waals surface area (Å²) in [5.74, 6) is 0. The van der Waals surface area contributed by atoms with Crippen LogP contribution in [0.2, 0.25) is 0 Å². The number of benzene rings is 8. The van der Waals surface area contributed by atoms with Gasteiger partial charge in [0.1, 0.15) is 0 Å². The zero-order chi connectivity index (χ0) is 39.1. The van der Waals surface area contributed by atoms with Crippen molar-refractivity contribution in [1.29, 1.82) is 0 Å². The lowest BCUT2D eigenvalue weighted by Crippen LogP contribution is -2.17. The van der Waals surface area contributed by atoms with Crippen LogP contribution in [0.3, 0.4) is 0 Å². The number of para-hydroxylation sites is 1. The quantitative estimate of drug-likeness (QED) is 0.143. The van der Waals surface area contributed by atoms with E-state index in [2.05, 4.69) is 245 Å². The lowest BCUT2D eigenvalue weighted by atomic mass is 9.82. The van der Waals surface area contributed by atoms with Crippen LogP contribution in [0.4, 0.5) is 34.1 Å². The highest BCUT2D eigenvalue weighted by Crippen LogP contribution is 2.50. The van der Waals surface area contributed by atoms with Crippen molar-refractivity contribution in [2.24, 2.45) is 0 Å². The molecule has 0 saturated heterocycles. The Labute approximate surface area is 338 Å². The summed E-state index contributed by atoms with van der Waals surface area (Å²) in [5, 5.41) is 2.47. The third-order valence-corrected chi connectivity index (χ3v) is 11.6. The molecular formula is C55H48N2. The van der Waals surface area contributed by atoms with E-state index in [0.29, 0.717) is 0 Å². The Morgan fingerprint density at radius 3 is 1.46 bits per heavy atom. The van der Waals surface area contributed by atoms with Crippen LogP contribution >= 0.6 is 0 Å². The molecule has 0 radical (unpaired) electrons. The van der Waals surface area contributed by atoms with Crippen LogP contribution in [-0.4, -0.2) is 0 Å². The molecule has 2 heteroatoms. The van der Waals surface area contributed by atoms with E-state index in [1.54, 1.807) is 0 Å². The Morgan fingerprint density at radius 1 is 0.386 bits per heavy atom. The van der Waals surface area contributed by atoms with Gasteiger partial charge in [0, 0.05) is 39.5 Å². The SMILES string of the molecule is CC(C)(C)c1ccc(N(c2ccc(/C=C/c3ccc(N(c4ccccc4)c4ccc5ccccc5c4)cc3)cc2)c2ccc3c(c2)C(C)(C)c2ccccc2-3)cc1. The van der Waals surface area contributed by atoms with Gasteiger partial charge in [0.2, 0.25) is 0 Å². The van der Waals surface area contributed by atoms with E-state index in [9.17, 15) is 0 Å². The van der Waals surface area contributed by atoms with Crippen LogP contribution in [0.1, 0.15) is 62.4 Å². The van der Waals surface area contributed by atoms with E-state index >= 15 is 0 Å². The summed E-state index contributed by atoms with van der Waals surface area (Å²) in [5.41, 5.74) is 15.9. The van der Waals surface area contributed by atoms with Crippen molar-refractivity contribution in [1.82, 2.24) is 0 Å². The summed E-state index contributed by atoms with van der Waals surface area (Å²) in [6.07, 6.45) is 4.40. The Bertz CT molecular complexity index is 2710. The molecule has 0 aromatic heterocycles. The van der Waals surface area contributed by atoms with Crippen LogP contribution in [0.25, 0.3) is 34.1 Å². The Hall–Kier alpha value is -6.64. The van der Waals surface area contributed by atoms with Crippen LogP contribution in [0.5, 0.6) is 0 Å². The average molecular weight is 737 g/mol. The summed E-state index contributed by atoms with van der Waals surface area (Å²) in [4.78, 5) is 4.72. The molecule has 9 rings (SSSR count). The first-order chi connectivity index (χ1) is 27.6. The van der Waals surface area contributed by atoms with Gasteiger partial charge in [0.15, 0.2) is 0 Å². The van der Waals surface area contributed by atoms with Crippen molar-refractivity contribution >= 4 is 57.0 Å². The first-order valence-electron chi connectivity index (χ1n) is 20.0. The molecule has 0 unspecified atom stereocenters. The smallest absolute Gasteiger partial charge is 0.0468 e. The fraction of sp³-hybridized carbons (Fsp3) is 0.127. The van der Waals surface area contributed by atoms with Gasteiger partial charge in [-0.05, 0) is 128 Å². The second-order valence-electron chi connectivity index (χ2n) is 16.8. The maximum Gasteiger partial charge on any atom is 0.0468 e. The fourth-order valence-electron chi connectivity index (χ4n) is 8.39. The Morgan fingerprint density at radius 2 is 0.842 bits per heavy atom. The minimum Gasteiger partial charge on any atom is -0.310 e. The maximum atomic E-state index is 2.41. The van der Waals surface area contributed by atoms with Crippen molar-refractivity contribution in [3.05, 3.63) is 216 Å². The van der Waals surface area contributed by atoms with E-state index in [1.807, 2.05) is 0 Å². The van der Waals surface area contributed by atoms with Crippen molar-refractivity contribution in [3.8, 4) is 11.1 Å². The second kappa shape index (κ2) is 14.5. The first kappa shape index (κ1) is 36.0. The van der Waals surface area contributed by atoms with E-state index in [-0.39, 0.29) is 10.8 Å². The number of nitrogens with zero attached hydrogens (tertiary/aromatic N) is 2. The van der Waals surface area contributed by atoms with E-state index < -0.39 is 0 Å². The van der Waals surface area contributed by atoms with Crippen molar-refractivity contribution < 1.29 is 0 Å². The summed E-state index contributed by atoms with van der Waals surface area (Å²) < 4.78 is 0. The van der Waals surface area contributed by atoms with Crippen LogP contribution in [-0.2, 0) is 10.8 Å². The lowest BCUT2D eigenvalue weighted by Gasteiger charge is -2.29. The maximum absolute atomic E-state index is 2.41.